The van der Waals surface area contributed by atoms with E-state index >= 15 is 0 Å². The standard InChI is InChI=1S/C15H16N6OS2/c1-9-5-4-6-10(2)13(9)21-15(18-19-20-21)24-8-12(22)17-14-16-11(3)7-23-14/h4-7H,8H2,1-3H3,(H,16,17,22). The van der Waals surface area contributed by atoms with Gasteiger partial charge >= 0.3 is 0 Å². The molecule has 0 bridgehead atoms. The number of aromatic nitrogens is 5. The van der Waals surface area contributed by atoms with Gasteiger partial charge in [-0.1, -0.05) is 30.0 Å². The third kappa shape index (κ3) is 3.62. The van der Waals surface area contributed by atoms with Crippen molar-refractivity contribution in [2.45, 2.75) is 25.9 Å². The minimum Gasteiger partial charge on any atom is -0.301 e. The second kappa shape index (κ2) is 7.10. The number of thioether (sulfide) groups is 1. The number of anilines is 1. The predicted octanol–water partition coefficient (Wildman–Crippen LogP) is 2.77. The van der Waals surface area contributed by atoms with Crippen molar-refractivity contribution < 1.29 is 4.79 Å². The molecule has 0 radical (unpaired) electrons. The van der Waals surface area contributed by atoms with Crippen molar-refractivity contribution in [2.75, 3.05) is 11.1 Å². The van der Waals surface area contributed by atoms with Crippen LogP contribution in [0.3, 0.4) is 0 Å². The van der Waals surface area contributed by atoms with E-state index in [4.69, 9.17) is 0 Å². The first kappa shape index (κ1) is 16.6. The van der Waals surface area contributed by atoms with Crippen LogP contribution in [0.15, 0.2) is 28.7 Å². The topological polar surface area (TPSA) is 85.6 Å². The summed E-state index contributed by atoms with van der Waals surface area (Å²) >= 11 is 2.70. The summed E-state index contributed by atoms with van der Waals surface area (Å²) in [7, 11) is 0. The number of amides is 1. The fourth-order valence-electron chi connectivity index (χ4n) is 2.25. The molecular formula is C15H16N6OS2. The predicted molar refractivity (Wildman–Crippen MR) is 94.8 cm³/mol. The molecule has 0 saturated carbocycles. The lowest BCUT2D eigenvalue weighted by molar-refractivity contribution is -0.113. The molecule has 2 heterocycles. The van der Waals surface area contributed by atoms with Crippen LogP contribution in [0.1, 0.15) is 16.8 Å². The number of hydrogen-bond donors (Lipinski definition) is 1. The number of tetrazole rings is 1. The van der Waals surface area contributed by atoms with Gasteiger partial charge in [-0.3, -0.25) is 4.79 Å². The van der Waals surface area contributed by atoms with E-state index in [1.165, 1.54) is 23.1 Å². The summed E-state index contributed by atoms with van der Waals surface area (Å²) in [5, 5.41) is 17.7. The van der Waals surface area contributed by atoms with E-state index in [1.54, 1.807) is 4.68 Å². The average Bonchev–Trinajstić information content (AvgIpc) is 3.14. The van der Waals surface area contributed by atoms with Gasteiger partial charge in [-0.25, -0.2) is 4.98 Å². The number of benzene rings is 1. The van der Waals surface area contributed by atoms with Crippen molar-refractivity contribution in [2.24, 2.45) is 0 Å². The lowest BCUT2D eigenvalue weighted by Gasteiger charge is -2.10. The number of carbonyl (C=O) groups excluding carboxylic acids is 1. The van der Waals surface area contributed by atoms with E-state index in [0.717, 1.165) is 22.5 Å². The van der Waals surface area contributed by atoms with Gasteiger partial charge in [0.1, 0.15) is 0 Å². The Labute approximate surface area is 147 Å². The van der Waals surface area contributed by atoms with Crippen LogP contribution in [0.25, 0.3) is 5.69 Å². The van der Waals surface area contributed by atoms with Crippen molar-refractivity contribution >= 4 is 34.1 Å². The van der Waals surface area contributed by atoms with Crippen molar-refractivity contribution in [1.82, 2.24) is 25.2 Å². The van der Waals surface area contributed by atoms with E-state index in [2.05, 4.69) is 25.8 Å². The molecule has 0 aliphatic carbocycles. The Morgan fingerprint density at radius 1 is 1.29 bits per heavy atom. The zero-order valence-electron chi connectivity index (χ0n) is 13.5. The Kier molecular flexibility index (Phi) is 4.91. The van der Waals surface area contributed by atoms with Crippen LogP contribution < -0.4 is 5.32 Å². The van der Waals surface area contributed by atoms with Crippen LogP contribution in [0, 0.1) is 20.8 Å². The fraction of sp³-hybridized carbons (Fsp3) is 0.267. The zero-order valence-corrected chi connectivity index (χ0v) is 15.1. The SMILES string of the molecule is Cc1csc(NC(=O)CSc2nnnn2-c2c(C)cccc2C)n1. The maximum absolute atomic E-state index is 12.1. The van der Waals surface area contributed by atoms with Gasteiger partial charge in [0.05, 0.1) is 17.1 Å². The van der Waals surface area contributed by atoms with Gasteiger partial charge in [-0.05, 0) is 42.3 Å². The van der Waals surface area contributed by atoms with Crippen LogP contribution in [0.5, 0.6) is 0 Å². The highest BCUT2D eigenvalue weighted by Crippen LogP contribution is 2.23. The van der Waals surface area contributed by atoms with Crippen molar-refractivity contribution in [1.29, 1.82) is 0 Å². The first-order valence-corrected chi connectivity index (χ1v) is 9.11. The first-order chi connectivity index (χ1) is 11.5. The number of thiazole rings is 1. The van der Waals surface area contributed by atoms with Crippen molar-refractivity contribution in [3.63, 3.8) is 0 Å². The van der Waals surface area contributed by atoms with E-state index in [9.17, 15) is 4.79 Å². The number of nitrogens with zero attached hydrogens (tertiary/aromatic N) is 5. The van der Waals surface area contributed by atoms with Gasteiger partial charge in [0, 0.05) is 5.38 Å². The van der Waals surface area contributed by atoms with E-state index in [-0.39, 0.29) is 11.7 Å². The summed E-state index contributed by atoms with van der Waals surface area (Å²) in [5.74, 6) is 0.0783. The van der Waals surface area contributed by atoms with Crippen LogP contribution in [0.4, 0.5) is 5.13 Å². The first-order valence-electron chi connectivity index (χ1n) is 7.24. The molecule has 9 heteroatoms. The maximum atomic E-state index is 12.1. The number of hydrogen-bond acceptors (Lipinski definition) is 7. The Morgan fingerprint density at radius 2 is 2.04 bits per heavy atom. The Morgan fingerprint density at radius 3 is 2.71 bits per heavy atom. The molecule has 1 aromatic carbocycles. The summed E-state index contributed by atoms with van der Waals surface area (Å²) in [6, 6.07) is 6.01. The third-order valence-electron chi connectivity index (χ3n) is 3.29. The minimum absolute atomic E-state index is 0.134. The molecule has 0 aliphatic heterocycles. The second-order valence-electron chi connectivity index (χ2n) is 5.24. The monoisotopic (exact) mass is 360 g/mol. The van der Waals surface area contributed by atoms with E-state index in [0.29, 0.717) is 10.3 Å². The molecule has 2 aromatic heterocycles. The minimum atomic E-state index is -0.134. The van der Waals surface area contributed by atoms with Gasteiger partial charge in [-0.15, -0.1) is 16.4 Å². The highest BCUT2D eigenvalue weighted by atomic mass is 32.2. The molecule has 0 aliphatic rings. The molecule has 3 rings (SSSR count). The number of carbonyl (C=O) groups is 1. The zero-order chi connectivity index (χ0) is 17.1. The second-order valence-corrected chi connectivity index (χ2v) is 7.05. The molecule has 24 heavy (non-hydrogen) atoms. The van der Waals surface area contributed by atoms with E-state index in [1.807, 2.05) is 44.4 Å². The van der Waals surface area contributed by atoms with Crippen LogP contribution in [-0.2, 0) is 4.79 Å². The molecule has 124 valence electrons. The number of rotatable bonds is 5. The van der Waals surface area contributed by atoms with Crippen LogP contribution in [-0.4, -0.2) is 36.9 Å². The smallest absolute Gasteiger partial charge is 0.236 e. The van der Waals surface area contributed by atoms with Gasteiger partial charge in [0.25, 0.3) is 0 Å². The van der Waals surface area contributed by atoms with Gasteiger partial charge in [-0.2, -0.15) is 4.68 Å². The molecule has 0 unspecified atom stereocenters. The fourth-order valence-corrected chi connectivity index (χ4v) is 3.63. The lowest BCUT2D eigenvalue weighted by atomic mass is 10.1. The average molecular weight is 360 g/mol. The Balaban J connectivity index is 1.71. The Hall–Kier alpha value is -2.26. The number of nitrogens with one attached hydrogen (secondary N) is 1. The van der Waals surface area contributed by atoms with Gasteiger partial charge in [0.2, 0.25) is 11.1 Å². The van der Waals surface area contributed by atoms with Crippen LogP contribution >= 0.6 is 23.1 Å². The molecule has 0 fully saturated rings. The lowest BCUT2D eigenvalue weighted by Crippen LogP contribution is -2.14. The molecule has 0 spiro atoms. The number of aryl methyl sites for hydroxylation is 3. The molecule has 0 atom stereocenters. The molecule has 3 aromatic rings. The molecule has 1 amide bonds. The largest absolute Gasteiger partial charge is 0.301 e. The number of para-hydroxylation sites is 1. The molecule has 7 nitrogen and oxygen atoms in total. The molecular weight excluding hydrogens is 344 g/mol. The summed E-state index contributed by atoms with van der Waals surface area (Å²) in [6.45, 7) is 5.91. The van der Waals surface area contributed by atoms with E-state index < -0.39 is 0 Å². The summed E-state index contributed by atoms with van der Waals surface area (Å²) in [4.78, 5) is 16.3. The van der Waals surface area contributed by atoms with Gasteiger partial charge < -0.3 is 5.32 Å². The highest BCUT2D eigenvalue weighted by Gasteiger charge is 2.15. The highest BCUT2D eigenvalue weighted by molar-refractivity contribution is 7.99. The van der Waals surface area contributed by atoms with Crippen molar-refractivity contribution in [3.8, 4) is 5.69 Å². The molecule has 1 N–H and O–H groups in total. The van der Waals surface area contributed by atoms with Crippen molar-refractivity contribution in [3.05, 3.63) is 40.4 Å². The maximum Gasteiger partial charge on any atom is 0.236 e. The quantitative estimate of drug-likeness (QED) is 0.704. The van der Waals surface area contributed by atoms with Gasteiger partial charge in [0.15, 0.2) is 5.13 Å². The van der Waals surface area contributed by atoms with Crippen LogP contribution in [0.2, 0.25) is 0 Å². The third-order valence-corrected chi connectivity index (χ3v) is 5.08. The summed E-state index contributed by atoms with van der Waals surface area (Å²) in [6.07, 6.45) is 0. The normalized spacial score (nSPS) is 10.8. The molecule has 0 saturated heterocycles. The summed E-state index contributed by atoms with van der Waals surface area (Å²) < 4.78 is 1.68. The summed E-state index contributed by atoms with van der Waals surface area (Å²) in [5.41, 5.74) is 3.99. The Bertz CT molecular complexity index is 852.